The van der Waals surface area contributed by atoms with Crippen LogP contribution in [0, 0.1) is 0 Å². The lowest BCUT2D eigenvalue weighted by molar-refractivity contribution is 0.0431. The van der Waals surface area contributed by atoms with Gasteiger partial charge >= 0.3 is 0 Å². The summed E-state index contributed by atoms with van der Waals surface area (Å²) in [7, 11) is 2.05. The second-order valence-corrected chi connectivity index (χ2v) is 6.09. The molecule has 2 rings (SSSR count). The molecular formula is C17H31N3O. The molecule has 0 spiro atoms. The topological polar surface area (TPSA) is 39.1 Å². The number of nitrogens with one attached hydrogen (secondary N) is 1. The number of ether oxygens (including phenoxy) is 1. The van der Waals surface area contributed by atoms with Gasteiger partial charge in [0.25, 0.3) is 0 Å². The molecule has 3 atom stereocenters. The van der Waals surface area contributed by atoms with Gasteiger partial charge in [0.2, 0.25) is 0 Å². The quantitative estimate of drug-likeness (QED) is 0.839. The maximum Gasteiger partial charge on any atom is 0.0775 e. The molecular weight excluding hydrogens is 262 g/mol. The molecule has 0 amide bonds. The summed E-state index contributed by atoms with van der Waals surface area (Å²) in [6.45, 7) is 9.74. The number of rotatable bonds is 7. The van der Waals surface area contributed by atoms with Gasteiger partial charge in [0, 0.05) is 17.3 Å². The summed E-state index contributed by atoms with van der Waals surface area (Å²) in [6, 6.07) is 0.409. The first-order chi connectivity index (χ1) is 10.1. The molecule has 4 nitrogen and oxygen atoms in total. The van der Waals surface area contributed by atoms with Crippen LogP contribution in [0.15, 0.2) is 0 Å². The van der Waals surface area contributed by atoms with Crippen molar-refractivity contribution in [1.82, 2.24) is 15.1 Å². The van der Waals surface area contributed by atoms with E-state index in [2.05, 4.69) is 37.7 Å². The molecule has 1 aromatic rings. The molecule has 0 bridgehead atoms. The van der Waals surface area contributed by atoms with E-state index in [0.29, 0.717) is 18.2 Å². The van der Waals surface area contributed by atoms with Gasteiger partial charge in [-0.3, -0.25) is 4.68 Å². The number of hydrogen-bond acceptors (Lipinski definition) is 3. The van der Waals surface area contributed by atoms with Crippen LogP contribution in [0.5, 0.6) is 0 Å². The molecule has 21 heavy (non-hydrogen) atoms. The van der Waals surface area contributed by atoms with Gasteiger partial charge in [0.1, 0.15) is 0 Å². The van der Waals surface area contributed by atoms with Gasteiger partial charge in [0.15, 0.2) is 0 Å². The molecule has 4 heteroatoms. The summed E-state index contributed by atoms with van der Waals surface area (Å²) < 4.78 is 8.20. The van der Waals surface area contributed by atoms with Crippen LogP contribution in [0.4, 0.5) is 0 Å². The second kappa shape index (κ2) is 7.41. The molecule has 1 aliphatic heterocycles. The molecule has 1 aliphatic rings. The number of hydrogen-bond donors (Lipinski definition) is 1. The third-order valence-electron chi connectivity index (χ3n) is 4.65. The lowest BCUT2D eigenvalue weighted by Gasteiger charge is -2.17. The first-order valence-electron chi connectivity index (χ1n) is 8.55. The SMILES string of the molecule is CCc1nn(CC2CCC(C)O2)c(CC)c1C(CC)NC. The molecule has 3 unspecified atom stereocenters. The largest absolute Gasteiger partial charge is 0.373 e. The first kappa shape index (κ1) is 16.5. The minimum atomic E-state index is 0.331. The summed E-state index contributed by atoms with van der Waals surface area (Å²) >= 11 is 0. The fourth-order valence-corrected chi connectivity index (χ4v) is 3.52. The second-order valence-electron chi connectivity index (χ2n) is 6.09. The van der Waals surface area contributed by atoms with E-state index < -0.39 is 0 Å². The Hall–Kier alpha value is -0.870. The van der Waals surface area contributed by atoms with E-state index in [4.69, 9.17) is 9.84 Å². The number of aryl methyl sites for hydroxylation is 1. The van der Waals surface area contributed by atoms with Crippen LogP contribution in [0.2, 0.25) is 0 Å². The lowest BCUT2D eigenvalue weighted by atomic mass is 9.99. The average molecular weight is 293 g/mol. The van der Waals surface area contributed by atoms with Gasteiger partial charge in [-0.1, -0.05) is 20.8 Å². The van der Waals surface area contributed by atoms with E-state index in [0.717, 1.165) is 32.2 Å². The van der Waals surface area contributed by atoms with Crippen molar-refractivity contribution in [2.24, 2.45) is 0 Å². The summed E-state index contributed by atoms with van der Waals surface area (Å²) in [5.74, 6) is 0. The molecule has 0 aliphatic carbocycles. The summed E-state index contributed by atoms with van der Waals surface area (Å²) in [6.07, 6.45) is 6.19. The van der Waals surface area contributed by atoms with Gasteiger partial charge in [-0.15, -0.1) is 0 Å². The maximum atomic E-state index is 5.98. The maximum absolute atomic E-state index is 5.98. The highest BCUT2D eigenvalue weighted by molar-refractivity contribution is 5.30. The summed E-state index contributed by atoms with van der Waals surface area (Å²) in [5, 5.41) is 8.35. The standard InChI is InChI=1S/C17H31N3O/c1-6-14(18-5)17-15(7-2)19-20(16(17)8-3)11-13-10-9-12(4)21-13/h12-14,18H,6-11H2,1-5H3. The molecule has 1 saturated heterocycles. The van der Waals surface area contributed by atoms with Gasteiger partial charge in [0.05, 0.1) is 24.4 Å². The predicted octanol–water partition coefficient (Wildman–Crippen LogP) is 3.25. The average Bonchev–Trinajstić information content (AvgIpc) is 3.04. The normalized spacial score (nSPS) is 23.7. The molecule has 2 heterocycles. The molecule has 0 radical (unpaired) electrons. The zero-order valence-electron chi connectivity index (χ0n) is 14.3. The third-order valence-corrected chi connectivity index (χ3v) is 4.65. The van der Waals surface area contributed by atoms with Crippen molar-refractivity contribution in [1.29, 1.82) is 0 Å². The molecule has 0 saturated carbocycles. The number of nitrogens with zero attached hydrogens (tertiary/aromatic N) is 2. The monoisotopic (exact) mass is 293 g/mol. The van der Waals surface area contributed by atoms with Gasteiger partial charge in [-0.05, 0) is 46.1 Å². The number of aromatic nitrogens is 2. The van der Waals surface area contributed by atoms with E-state index in [-0.39, 0.29) is 0 Å². The Bertz CT molecular complexity index is 451. The minimum absolute atomic E-state index is 0.331. The van der Waals surface area contributed by atoms with E-state index >= 15 is 0 Å². The Labute approximate surface area is 129 Å². The Morgan fingerprint density at radius 3 is 2.52 bits per heavy atom. The van der Waals surface area contributed by atoms with E-state index in [1.807, 2.05) is 7.05 Å². The van der Waals surface area contributed by atoms with Gasteiger partial charge in [-0.25, -0.2) is 0 Å². The van der Waals surface area contributed by atoms with Gasteiger partial charge in [-0.2, -0.15) is 5.10 Å². The fraction of sp³-hybridized carbons (Fsp3) is 0.824. The summed E-state index contributed by atoms with van der Waals surface area (Å²) in [5.41, 5.74) is 4.06. The summed E-state index contributed by atoms with van der Waals surface area (Å²) in [4.78, 5) is 0. The van der Waals surface area contributed by atoms with E-state index in [1.165, 1.54) is 23.4 Å². The highest BCUT2D eigenvalue weighted by Crippen LogP contribution is 2.28. The van der Waals surface area contributed by atoms with Crippen LogP contribution >= 0.6 is 0 Å². The molecule has 120 valence electrons. The van der Waals surface area contributed by atoms with Crippen molar-refractivity contribution in [3.05, 3.63) is 17.0 Å². The van der Waals surface area contributed by atoms with Crippen LogP contribution in [-0.2, 0) is 24.1 Å². The van der Waals surface area contributed by atoms with Crippen LogP contribution in [0.1, 0.15) is 70.0 Å². The Kier molecular flexibility index (Phi) is 5.82. The van der Waals surface area contributed by atoms with Crippen molar-refractivity contribution < 1.29 is 4.74 Å². The minimum Gasteiger partial charge on any atom is -0.373 e. The van der Waals surface area contributed by atoms with E-state index in [9.17, 15) is 0 Å². The Morgan fingerprint density at radius 1 is 1.29 bits per heavy atom. The van der Waals surface area contributed by atoms with Crippen molar-refractivity contribution in [2.45, 2.75) is 84.6 Å². The Balaban J connectivity index is 2.28. The molecule has 1 aromatic heterocycles. The highest BCUT2D eigenvalue weighted by atomic mass is 16.5. The van der Waals surface area contributed by atoms with Crippen LogP contribution in [-0.4, -0.2) is 29.0 Å². The van der Waals surface area contributed by atoms with Crippen molar-refractivity contribution in [3.8, 4) is 0 Å². The smallest absolute Gasteiger partial charge is 0.0775 e. The molecule has 0 aromatic carbocycles. The van der Waals surface area contributed by atoms with Crippen LogP contribution in [0.25, 0.3) is 0 Å². The van der Waals surface area contributed by atoms with Crippen LogP contribution in [0.3, 0.4) is 0 Å². The first-order valence-corrected chi connectivity index (χ1v) is 8.55. The molecule has 1 fully saturated rings. The highest BCUT2D eigenvalue weighted by Gasteiger charge is 2.26. The third kappa shape index (κ3) is 3.49. The van der Waals surface area contributed by atoms with Gasteiger partial charge < -0.3 is 10.1 Å². The zero-order chi connectivity index (χ0) is 15.4. The van der Waals surface area contributed by atoms with Crippen LogP contribution < -0.4 is 5.32 Å². The van der Waals surface area contributed by atoms with Crippen molar-refractivity contribution in [3.63, 3.8) is 0 Å². The zero-order valence-corrected chi connectivity index (χ0v) is 14.3. The van der Waals surface area contributed by atoms with E-state index in [1.54, 1.807) is 0 Å². The fourth-order valence-electron chi connectivity index (χ4n) is 3.52. The molecule has 1 N–H and O–H groups in total. The van der Waals surface area contributed by atoms with Crippen molar-refractivity contribution >= 4 is 0 Å². The predicted molar refractivity (Wildman–Crippen MR) is 86.6 cm³/mol. The lowest BCUT2D eigenvalue weighted by Crippen LogP contribution is -2.21. The Morgan fingerprint density at radius 2 is 2.05 bits per heavy atom. The van der Waals surface area contributed by atoms with Crippen molar-refractivity contribution in [2.75, 3.05) is 7.05 Å².